The summed E-state index contributed by atoms with van der Waals surface area (Å²) in [6, 6.07) is 6.49. The molecule has 9 heteroatoms. The lowest BCUT2D eigenvalue weighted by Gasteiger charge is -2.09. The third kappa shape index (κ3) is 3.85. The number of carbonyl (C=O) groups excluding carboxylic acids is 2. The molecule has 1 N–H and O–H groups in total. The topological polar surface area (TPSA) is 81.4 Å². The summed E-state index contributed by atoms with van der Waals surface area (Å²) in [5.41, 5.74) is 1.99. The van der Waals surface area contributed by atoms with Crippen molar-refractivity contribution in [1.29, 1.82) is 0 Å². The first-order valence-corrected chi connectivity index (χ1v) is 9.30. The molecule has 0 atom stereocenters. The molecule has 0 radical (unpaired) electrons. The van der Waals surface area contributed by atoms with Crippen molar-refractivity contribution in [2.45, 2.75) is 13.8 Å². The van der Waals surface area contributed by atoms with Gasteiger partial charge >= 0.3 is 5.97 Å². The van der Waals surface area contributed by atoms with E-state index >= 15 is 0 Å². The van der Waals surface area contributed by atoms with Crippen LogP contribution in [0.25, 0.3) is 11.1 Å². The molecule has 3 aromatic rings. The molecule has 0 fully saturated rings. The van der Waals surface area contributed by atoms with Gasteiger partial charge in [0.1, 0.15) is 10.6 Å². The molecule has 1 amide bonds. The van der Waals surface area contributed by atoms with E-state index in [9.17, 15) is 9.59 Å². The number of benzene rings is 1. The molecule has 0 spiro atoms. The summed E-state index contributed by atoms with van der Waals surface area (Å²) in [7, 11) is 1.27. The number of hydrogen-bond donors (Lipinski definition) is 1. The second-order valence-electron chi connectivity index (χ2n) is 5.64. The van der Waals surface area contributed by atoms with E-state index in [1.54, 1.807) is 25.1 Å². The maximum atomic E-state index is 12.5. The summed E-state index contributed by atoms with van der Waals surface area (Å²) in [6.45, 7) is 3.53. The lowest BCUT2D eigenvalue weighted by molar-refractivity contribution is 0.0603. The summed E-state index contributed by atoms with van der Waals surface area (Å²) in [5, 5.41) is 7.58. The fourth-order valence-electron chi connectivity index (χ4n) is 2.58. The molecule has 1 aromatic carbocycles. The smallest absolute Gasteiger partial charge is 0.341 e. The maximum Gasteiger partial charge on any atom is 0.341 e. The molecule has 2 aromatic heterocycles. The average molecular weight is 425 g/mol. The highest BCUT2D eigenvalue weighted by Crippen LogP contribution is 2.43. The number of aryl methyl sites for hydroxylation is 2. The van der Waals surface area contributed by atoms with E-state index in [1.807, 2.05) is 6.92 Å². The van der Waals surface area contributed by atoms with Crippen molar-refractivity contribution in [3.05, 3.63) is 56.2 Å². The van der Waals surface area contributed by atoms with E-state index in [-0.39, 0.29) is 11.3 Å². The fourth-order valence-corrected chi connectivity index (χ4v) is 4.14. The monoisotopic (exact) mass is 424 g/mol. The largest absolute Gasteiger partial charge is 0.465 e. The molecule has 0 saturated carbocycles. The number of nitrogens with zero attached hydrogens (tertiary/aromatic N) is 1. The number of thiophene rings is 1. The van der Waals surface area contributed by atoms with Crippen LogP contribution in [0.2, 0.25) is 10.0 Å². The Labute approximate surface area is 169 Å². The SMILES string of the molecule is COC(=O)c1c(NC(=O)c2cc(C)no2)sc(C)c1-c1ccc(Cl)cc1Cl. The van der Waals surface area contributed by atoms with Gasteiger partial charge in [-0.05, 0) is 26.0 Å². The van der Waals surface area contributed by atoms with Gasteiger partial charge in [-0.3, -0.25) is 4.79 Å². The quantitative estimate of drug-likeness (QED) is 0.569. The number of carbonyl (C=O) groups is 2. The molecule has 140 valence electrons. The van der Waals surface area contributed by atoms with Crippen LogP contribution in [0.1, 0.15) is 31.5 Å². The third-order valence-electron chi connectivity index (χ3n) is 3.75. The second kappa shape index (κ2) is 7.72. The zero-order chi connectivity index (χ0) is 19.7. The normalized spacial score (nSPS) is 10.7. The van der Waals surface area contributed by atoms with Gasteiger partial charge in [0, 0.05) is 32.1 Å². The number of amides is 1. The molecule has 0 saturated heterocycles. The van der Waals surface area contributed by atoms with Gasteiger partial charge in [0.2, 0.25) is 5.76 Å². The minimum atomic E-state index is -0.593. The zero-order valence-corrected chi connectivity index (χ0v) is 16.9. The number of anilines is 1. The maximum absolute atomic E-state index is 12.5. The molecule has 6 nitrogen and oxygen atoms in total. The van der Waals surface area contributed by atoms with Gasteiger partial charge in [0.05, 0.1) is 12.8 Å². The van der Waals surface area contributed by atoms with E-state index in [4.69, 9.17) is 32.5 Å². The lowest BCUT2D eigenvalue weighted by Crippen LogP contribution is -2.13. The number of halogens is 2. The van der Waals surface area contributed by atoms with Crippen molar-refractivity contribution >= 4 is 51.4 Å². The summed E-state index contributed by atoms with van der Waals surface area (Å²) in [5.74, 6) is -1.07. The molecule has 0 unspecified atom stereocenters. The predicted octanol–water partition coefficient (Wildman–Crippen LogP) is 5.37. The first-order valence-electron chi connectivity index (χ1n) is 7.73. The molecule has 27 heavy (non-hydrogen) atoms. The lowest BCUT2D eigenvalue weighted by atomic mass is 10.0. The van der Waals surface area contributed by atoms with Crippen molar-refractivity contribution in [3.8, 4) is 11.1 Å². The summed E-state index contributed by atoms with van der Waals surface area (Å²) in [4.78, 5) is 25.7. The summed E-state index contributed by atoms with van der Waals surface area (Å²) in [6.07, 6.45) is 0. The zero-order valence-electron chi connectivity index (χ0n) is 14.6. The standard InChI is InChI=1S/C18H14Cl2N2O4S/c1-8-6-13(26-22-8)16(23)21-17-15(18(24)25-3)14(9(2)27-17)11-5-4-10(19)7-12(11)20/h4-7H,1-3H3,(H,21,23). The van der Waals surface area contributed by atoms with Gasteiger partial charge in [-0.1, -0.05) is 34.4 Å². The average Bonchev–Trinajstić information content (AvgIpc) is 3.18. The van der Waals surface area contributed by atoms with E-state index in [2.05, 4.69) is 10.5 Å². The number of rotatable bonds is 4. The highest BCUT2D eigenvalue weighted by molar-refractivity contribution is 7.17. The van der Waals surface area contributed by atoms with Crippen LogP contribution in [0.4, 0.5) is 5.00 Å². The Morgan fingerprint density at radius 1 is 1.22 bits per heavy atom. The molecular weight excluding hydrogens is 411 g/mol. The van der Waals surface area contributed by atoms with E-state index in [1.165, 1.54) is 24.5 Å². The van der Waals surface area contributed by atoms with Crippen molar-refractivity contribution in [2.24, 2.45) is 0 Å². The van der Waals surface area contributed by atoms with Crippen molar-refractivity contribution in [2.75, 3.05) is 12.4 Å². The van der Waals surface area contributed by atoms with Crippen LogP contribution in [-0.2, 0) is 4.74 Å². The molecule has 0 bridgehead atoms. The molecule has 2 heterocycles. The van der Waals surface area contributed by atoms with Crippen LogP contribution < -0.4 is 5.32 Å². The molecule has 0 aliphatic heterocycles. The first kappa shape index (κ1) is 19.4. The number of methoxy groups -OCH3 is 1. The Morgan fingerprint density at radius 2 is 1.96 bits per heavy atom. The summed E-state index contributed by atoms with van der Waals surface area (Å²) < 4.78 is 9.89. The Kier molecular flexibility index (Phi) is 5.55. The van der Waals surface area contributed by atoms with Crippen molar-refractivity contribution in [1.82, 2.24) is 5.16 Å². The van der Waals surface area contributed by atoms with Crippen LogP contribution in [0.3, 0.4) is 0 Å². The first-order chi connectivity index (χ1) is 12.8. The molecule has 3 rings (SSSR count). The minimum Gasteiger partial charge on any atom is -0.465 e. The summed E-state index contributed by atoms with van der Waals surface area (Å²) >= 11 is 13.5. The number of ether oxygens (including phenoxy) is 1. The van der Waals surface area contributed by atoms with Gasteiger partial charge in [0.25, 0.3) is 5.91 Å². The predicted molar refractivity (Wildman–Crippen MR) is 105 cm³/mol. The van der Waals surface area contributed by atoms with Crippen LogP contribution >= 0.6 is 34.5 Å². The Hall–Kier alpha value is -2.35. The third-order valence-corrected chi connectivity index (χ3v) is 5.32. The van der Waals surface area contributed by atoms with Gasteiger partial charge in [-0.15, -0.1) is 11.3 Å². The number of esters is 1. The van der Waals surface area contributed by atoms with Gasteiger partial charge < -0.3 is 14.6 Å². The van der Waals surface area contributed by atoms with E-state index in [0.29, 0.717) is 31.9 Å². The van der Waals surface area contributed by atoms with Crippen molar-refractivity contribution < 1.29 is 18.8 Å². The number of hydrogen-bond acceptors (Lipinski definition) is 6. The van der Waals surface area contributed by atoms with Gasteiger partial charge in [-0.2, -0.15) is 0 Å². The van der Waals surface area contributed by atoms with Crippen molar-refractivity contribution in [3.63, 3.8) is 0 Å². The van der Waals surface area contributed by atoms with Crippen LogP contribution in [0.15, 0.2) is 28.8 Å². The molecular formula is C18H14Cl2N2O4S. The number of nitrogens with one attached hydrogen (secondary N) is 1. The van der Waals surface area contributed by atoms with Crippen LogP contribution in [-0.4, -0.2) is 24.1 Å². The molecule has 0 aliphatic carbocycles. The Morgan fingerprint density at radius 3 is 2.56 bits per heavy atom. The van der Waals surface area contributed by atoms with Gasteiger partial charge in [0.15, 0.2) is 0 Å². The minimum absolute atomic E-state index is 0.0421. The Balaban J connectivity index is 2.10. The van der Waals surface area contributed by atoms with E-state index < -0.39 is 11.9 Å². The van der Waals surface area contributed by atoms with Crippen LogP contribution in [0.5, 0.6) is 0 Å². The Bertz CT molecular complexity index is 1040. The van der Waals surface area contributed by atoms with Gasteiger partial charge in [-0.25, -0.2) is 4.79 Å². The fraction of sp³-hybridized carbons (Fsp3) is 0.167. The van der Waals surface area contributed by atoms with Crippen LogP contribution in [0, 0.1) is 13.8 Å². The highest BCUT2D eigenvalue weighted by Gasteiger charge is 2.27. The van der Waals surface area contributed by atoms with E-state index in [0.717, 1.165) is 4.88 Å². The highest BCUT2D eigenvalue weighted by atomic mass is 35.5. The molecule has 0 aliphatic rings. The number of aromatic nitrogens is 1. The second-order valence-corrected chi connectivity index (χ2v) is 7.71.